The van der Waals surface area contributed by atoms with Crippen LogP contribution in [0.1, 0.15) is 11.5 Å². The van der Waals surface area contributed by atoms with Crippen molar-refractivity contribution in [1.82, 2.24) is 0 Å². The number of hydrogen-bond acceptors (Lipinski definition) is 6. The van der Waals surface area contributed by atoms with Gasteiger partial charge in [-0.25, -0.2) is 4.99 Å². The molecule has 1 aliphatic carbocycles. The van der Waals surface area contributed by atoms with E-state index in [0.717, 1.165) is 15.8 Å². The fourth-order valence-electron chi connectivity index (χ4n) is 4.22. The van der Waals surface area contributed by atoms with Gasteiger partial charge in [0.1, 0.15) is 5.75 Å². The van der Waals surface area contributed by atoms with E-state index < -0.39 is 21.8 Å². The van der Waals surface area contributed by atoms with Crippen molar-refractivity contribution in [2.45, 2.75) is 11.0 Å². The number of fused-ring (bicyclic) bond motifs is 2. The van der Waals surface area contributed by atoms with Gasteiger partial charge in [-0.05, 0) is 18.2 Å². The minimum absolute atomic E-state index is 0.299. The lowest BCUT2D eigenvalue weighted by atomic mass is 9.95. The number of benzene rings is 1. The van der Waals surface area contributed by atoms with Crippen LogP contribution in [0.5, 0.6) is 5.75 Å². The van der Waals surface area contributed by atoms with Crippen LogP contribution in [0.25, 0.3) is 0 Å². The summed E-state index contributed by atoms with van der Waals surface area (Å²) < 4.78 is 12.3. The lowest BCUT2D eigenvalue weighted by Gasteiger charge is -2.24. The average Bonchev–Trinajstić information content (AvgIpc) is 2.83. The average molecular weight is 406 g/mol. The van der Waals surface area contributed by atoms with Crippen LogP contribution in [0, 0.1) is 33.5 Å². The molecule has 6 nitrogen and oxygen atoms in total. The summed E-state index contributed by atoms with van der Waals surface area (Å²) in [6.07, 6.45) is 0. The summed E-state index contributed by atoms with van der Waals surface area (Å²) >= 11 is 4.96. The van der Waals surface area contributed by atoms with Gasteiger partial charge in [-0.2, -0.15) is 10.5 Å². The molecule has 24 heavy (non-hydrogen) atoms. The van der Waals surface area contributed by atoms with Gasteiger partial charge < -0.3 is 9.47 Å². The van der Waals surface area contributed by atoms with Crippen LogP contribution >= 0.6 is 27.7 Å². The lowest BCUT2D eigenvalue weighted by molar-refractivity contribution is -0.583. The van der Waals surface area contributed by atoms with Crippen LogP contribution in [0.4, 0.5) is 0 Å². The first kappa shape index (κ1) is 15.8. The van der Waals surface area contributed by atoms with Crippen molar-refractivity contribution in [3.63, 3.8) is 0 Å². The molecule has 1 spiro atoms. The summed E-state index contributed by atoms with van der Waals surface area (Å²) in [5, 5.41) is 19.1. The summed E-state index contributed by atoms with van der Waals surface area (Å²) in [5.41, 5.74) is 4.79. The molecule has 0 amide bonds. The predicted molar refractivity (Wildman–Crippen MR) is 90.8 cm³/mol. The molecule has 0 bridgehead atoms. The summed E-state index contributed by atoms with van der Waals surface area (Å²) in [7, 11) is 1.57. The van der Waals surface area contributed by atoms with Gasteiger partial charge in [-0.1, -0.05) is 27.7 Å². The molecule has 8 heteroatoms. The standard InChI is InChI=1S/C16H13BrN4O2S/c1-22-11-3-2-9(17)6-10(11)12-14(7-18)13(20)21-16(15(12,14)8-19)23-4-5-24-16/h2-3,6,12H,4-5H2,1H3,(H2,20,21)/p+1/t12-,14-,15-,16-/m1/s1. The second kappa shape index (κ2) is 4.89. The number of thioether (sulfide) groups is 1. The first-order chi connectivity index (χ1) is 11.5. The van der Waals surface area contributed by atoms with Crippen molar-refractivity contribution in [3.8, 4) is 17.9 Å². The zero-order valence-electron chi connectivity index (χ0n) is 12.8. The Kier molecular flexibility index (Phi) is 3.21. The SMILES string of the molecule is COc1ccc(Br)cc1[C@H]1[C@@]2(C#N)[C@@]3([NH+]=C(N)[C@@]12C#N)OCCS3. The third kappa shape index (κ3) is 1.48. The van der Waals surface area contributed by atoms with Gasteiger partial charge in [0.05, 0.1) is 25.9 Å². The van der Waals surface area contributed by atoms with Crippen molar-refractivity contribution in [1.29, 1.82) is 10.5 Å². The number of nitrogens with one attached hydrogen (secondary N) is 1. The van der Waals surface area contributed by atoms with Gasteiger partial charge in [0.25, 0.3) is 10.9 Å². The van der Waals surface area contributed by atoms with E-state index >= 15 is 0 Å². The predicted octanol–water partition coefficient (Wildman–Crippen LogP) is 0.443. The fraction of sp³-hybridized carbons (Fsp3) is 0.438. The van der Waals surface area contributed by atoms with E-state index in [1.807, 2.05) is 18.2 Å². The molecule has 3 N–H and O–H groups in total. The van der Waals surface area contributed by atoms with Crippen LogP contribution in [0.2, 0.25) is 0 Å². The highest BCUT2D eigenvalue weighted by atomic mass is 79.9. The lowest BCUT2D eigenvalue weighted by Crippen LogP contribution is -2.88. The third-order valence-corrected chi connectivity index (χ3v) is 7.01. The molecular formula is C16H14BrN4O2S+. The van der Waals surface area contributed by atoms with Crippen molar-refractivity contribution < 1.29 is 14.5 Å². The molecular weight excluding hydrogens is 392 g/mol. The Balaban J connectivity index is 1.97. The van der Waals surface area contributed by atoms with Crippen LogP contribution < -0.4 is 15.5 Å². The molecule has 1 aromatic rings. The van der Waals surface area contributed by atoms with Gasteiger partial charge in [0.2, 0.25) is 0 Å². The van der Waals surface area contributed by atoms with Gasteiger partial charge in [0, 0.05) is 21.7 Å². The molecule has 2 heterocycles. The van der Waals surface area contributed by atoms with E-state index in [2.05, 4.69) is 33.1 Å². The highest BCUT2D eigenvalue weighted by Crippen LogP contribution is 2.81. The van der Waals surface area contributed by atoms with E-state index in [1.165, 1.54) is 11.8 Å². The second-order valence-corrected chi connectivity index (χ2v) is 8.20. The van der Waals surface area contributed by atoms with Gasteiger partial charge in [-0.15, -0.1) is 0 Å². The fourth-order valence-corrected chi connectivity index (χ4v) is 5.95. The van der Waals surface area contributed by atoms with E-state index in [1.54, 1.807) is 7.11 Å². The van der Waals surface area contributed by atoms with Crippen molar-refractivity contribution in [2.75, 3.05) is 19.5 Å². The Bertz CT molecular complexity index is 855. The minimum Gasteiger partial charge on any atom is -0.496 e. The molecule has 0 radical (unpaired) electrons. The van der Waals surface area contributed by atoms with Crippen molar-refractivity contribution in [2.24, 2.45) is 16.6 Å². The number of hydrogen-bond donors (Lipinski definition) is 2. The number of amidine groups is 1. The minimum atomic E-state index is -1.13. The zero-order valence-corrected chi connectivity index (χ0v) is 15.2. The van der Waals surface area contributed by atoms with E-state index in [-0.39, 0.29) is 0 Å². The van der Waals surface area contributed by atoms with Crippen LogP contribution in [0.3, 0.4) is 0 Å². The third-order valence-electron chi connectivity index (χ3n) is 5.20. The molecule has 1 saturated carbocycles. The second-order valence-electron chi connectivity index (χ2n) is 6.01. The molecule has 3 aliphatic rings. The van der Waals surface area contributed by atoms with E-state index in [0.29, 0.717) is 18.2 Å². The normalized spacial score (nSPS) is 39.0. The Hall–Kier alpha value is -1.74. The molecule has 0 aromatic heterocycles. The number of halogens is 1. The maximum atomic E-state index is 10.1. The van der Waals surface area contributed by atoms with E-state index in [4.69, 9.17) is 15.2 Å². The summed E-state index contributed by atoms with van der Waals surface area (Å²) in [4.78, 5) is 3.10. The topological polar surface area (TPSA) is 106 Å². The number of nitriles is 2. The molecule has 1 saturated heterocycles. The number of ether oxygens (including phenoxy) is 2. The molecule has 4 rings (SSSR count). The smallest absolute Gasteiger partial charge is 0.277 e. The number of nitrogens with two attached hydrogens (primary N) is 1. The summed E-state index contributed by atoms with van der Waals surface area (Å²) in [6.45, 7) is 0.512. The highest BCUT2D eigenvalue weighted by Gasteiger charge is 2.96. The first-order valence-corrected chi connectivity index (χ1v) is 9.16. The van der Waals surface area contributed by atoms with Crippen LogP contribution in [-0.2, 0) is 4.74 Å². The van der Waals surface area contributed by atoms with Crippen LogP contribution in [0.15, 0.2) is 22.7 Å². The van der Waals surface area contributed by atoms with Gasteiger partial charge in [-0.3, -0.25) is 5.73 Å². The molecule has 1 aromatic carbocycles. The summed E-state index contributed by atoms with van der Waals surface area (Å²) in [6, 6.07) is 10.3. The van der Waals surface area contributed by atoms with Gasteiger partial charge >= 0.3 is 0 Å². The van der Waals surface area contributed by atoms with Crippen LogP contribution in [-0.4, -0.2) is 30.4 Å². The maximum absolute atomic E-state index is 10.1. The molecule has 122 valence electrons. The number of rotatable bonds is 2. The van der Waals surface area contributed by atoms with Gasteiger partial charge in [0.15, 0.2) is 10.8 Å². The Morgan fingerprint density at radius 2 is 2.25 bits per heavy atom. The molecule has 4 atom stereocenters. The largest absolute Gasteiger partial charge is 0.496 e. The number of methoxy groups -OCH3 is 1. The molecule has 0 unspecified atom stereocenters. The van der Waals surface area contributed by atoms with Crippen molar-refractivity contribution in [3.05, 3.63) is 28.2 Å². The highest BCUT2D eigenvalue weighted by molar-refractivity contribution is 9.10. The van der Waals surface area contributed by atoms with Crippen molar-refractivity contribution >= 4 is 33.5 Å². The first-order valence-electron chi connectivity index (χ1n) is 7.38. The number of nitrogens with zero attached hydrogens (tertiary/aromatic N) is 2. The Morgan fingerprint density at radius 3 is 2.83 bits per heavy atom. The monoisotopic (exact) mass is 405 g/mol. The maximum Gasteiger partial charge on any atom is 0.277 e. The Morgan fingerprint density at radius 1 is 1.46 bits per heavy atom. The zero-order chi connectivity index (χ0) is 17.2. The quantitative estimate of drug-likeness (QED) is 0.739. The van der Waals surface area contributed by atoms with E-state index in [9.17, 15) is 10.5 Å². The Labute approximate surface area is 151 Å². The molecule has 2 aliphatic heterocycles. The summed E-state index contributed by atoms with van der Waals surface area (Å²) in [5.74, 6) is 1.26. The molecule has 2 fully saturated rings.